The van der Waals surface area contributed by atoms with E-state index in [-0.39, 0.29) is 5.69 Å². The van der Waals surface area contributed by atoms with Gasteiger partial charge in [0.15, 0.2) is 5.69 Å². The molecule has 1 saturated heterocycles. The molecule has 4 saturated carbocycles. The number of likely N-dealkylation sites (tertiary alicyclic amines) is 1. The summed E-state index contributed by atoms with van der Waals surface area (Å²) in [6.07, 6.45) is 7.33. The van der Waals surface area contributed by atoms with E-state index in [2.05, 4.69) is 21.9 Å². The van der Waals surface area contributed by atoms with E-state index in [0.717, 1.165) is 51.0 Å². The van der Waals surface area contributed by atoms with Gasteiger partial charge in [-0.2, -0.15) is 5.10 Å². The number of anilines is 1. The predicted molar refractivity (Wildman–Crippen MR) is 112 cm³/mol. The van der Waals surface area contributed by atoms with E-state index in [1.807, 2.05) is 7.05 Å². The van der Waals surface area contributed by atoms with E-state index < -0.39 is 11.5 Å². The second-order valence-corrected chi connectivity index (χ2v) is 10.5. The van der Waals surface area contributed by atoms with Crippen molar-refractivity contribution in [1.82, 2.24) is 14.7 Å². The highest BCUT2D eigenvalue weighted by Crippen LogP contribution is 2.58. The summed E-state index contributed by atoms with van der Waals surface area (Å²) in [6.45, 7) is 2.08. The van der Waals surface area contributed by atoms with Gasteiger partial charge in [-0.15, -0.1) is 0 Å². The van der Waals surface area contributed by atoms with Crippen LogP contribution in [0.2, 0.25) is 5.02 Å². The lowest BCUT2D eigenvalue weighted by Gasteiger charge is -2.61. The van der Waals surface area contributed by atoms with Crippen molar-refractivity contribution in [3.63, 3.8) is 0 Å². The molecule has 0 spiro atoms. The average Bonchev–Trinajstić information content (AvgIpc) is 2.91. The van der Waals surface area contributed by atoms with Crippen molar-refractivity contribution < 1.29 is 9.90 Å². The molecule has 6 rings (SSSR count). The number of rotatable bonds is 4. The molecule has 3 atom stereocenters. The molecule has 1 aromatic heterocycles. The van der Waals surface area contributed by atoms with E-state index in [9.17, 15) is 9.90 Å². The summed E-state index contributed by atoms with van der Waals surface area (Å²) in [6, 6.07) is 0.650. The van der Waals surface area contributed by atoms with Crippen molar-refractivity contribution in [3.8, 4) is 0 Å². The van der Waals surface area contributed by atoms with Crippen LogP contribution in [0.3, 0.4) is 0 Å². The van der Waals surface area contributed by atoms with Crippen LogP contribution in [0.25, 0.3) is 0 Å². The molecule has 29 heavy (non-hydrogen) atoms. The number of carbonyl (C=O) groups excluding carboxylic acids is 1. The van der Waals surface area contributed by atoms with E-state index in [0.29, 0.717) is 34.9 Å². The maximum Gasteiger partial charge on any atom is 0.270 e. The third-order valence-electron chi connectivity index (χ3n) is 7.94. The van der Waals surface area contributed by atoms with E-state index in [1.165, 1.54) is 12.8 Å². The van der Waals surface area contributed by atoms with Crippen molar-refractivity contribution in [2.24, 2.45) is 30.5 Å². The molecule has 4 bridgehead atoms. The Morgan fingerprint density at radius 2 is 1.97 bits per heavy atom. The van der Waals surface area contributed by atoms with Crippen molar-refractivity contribution in [3.05, 3.63) is 10.7 Å². The summed E-state index contributed by atoms with van der Waals surface area (Å²) in [5.41, 5.74) is 5.23. The van der Waals surface area contributed by atoms with Gasteiger partial charge >= 0.3 is 0 Å². The van der Waals surface area contributed by atoms with Crippen LogP contribution >= 0.6 is 11.6 Å². The molecule has 2 heterocycles. The Morgan fingerprint density at radius 1 is 1.28 bits per heavy atom. The summed E-state index contributed by atoms with van der Waals surface area (Å²) < 4.78 is 1.75. The SMILES string of the molecule is CN1CCC[C@H](N(c2c(Cl)c(C(N)=O)nn2C)C2C3CC4CC2CC(O)(C4)C3)C1. The zero-order valence-corrected chi connectivity index (χ0v) is 18.1. The van der Waals surface area contributed by atoms with Gasteiger partial charge in [0.1, 0.15) is 10.8 Å². The van der Waals surface area contributed by atoms with Crippen LogP contribution < -0.4 is 10.6 Å². The number of amides is 1. The molecule has 1 amide bonds. The van der Waals surface area contributed by atoms with Gasteiger partial charge in [0.25, 0.3) is 5.91 Å². The lowest BCUT2D eigenvalue weighted by molar-refractivity contribution is -0.135. The Bertz CT molecular complexity index is 810. The van der Waals surface area contributed by atoms with Gasteiger partial charge < -0.3 is 20.6 Å². The molecular weight excluding hydrogens is 390 g/mol. The molecule has 5 aliphatic rings. The number of nitrogens with two attached hydrogens (primary N) is 1. The minimum absolute atomic E-state index is 0.153. The normalized spacial score (nSPS) is 39.1. The zero-order valence-electron chi connectivity index (χ0n) is 17.4. The van der Waals surface area contributed by atoms with Crippen LogP contribution in [-0.4, -0.2) is 63.5 Å². The van der Waals surface area contributed by atoms with Crippen LogP contribution in [0.1, 0.15) is 55.4 Å². The summed E-state index contributed by atoms with van der Waals surface area (Å²) in [5, 5.41) is 15.8. The Labute approximate surface area is 177 Å². The number of aryl methyl sites for hydroxylation is 1. The molecular formula is C21H32ClN5O2. The molecule has 1 aromatic rings. The van der Waals surface area contributed by atoms with E-state index in [4.69, 9.17) is 17.3 Å². The molecule has 0 aromatic carbocycles. The first kappa shape index (κ1) is 19.6. The number of nitrogens with zero attached hydrogens (tertiary/aromatic N) is 4. The molecule has 8 heteroatoms. The lowest BCUT2D eigenvalue weighted by atomic mass is 9.52. The maximum absolute atomic E-state index is 11.9. The van der Waals surface area contributed by atoms with E-state index in [1.54, 1.807) is 4.68 Å². The second-order valence-electron chi connectivity index (χ2n) is 10.1. The van der Waals surface area contributed by atoms with Crippen molar-refractivity contribution in [1.29, 1.82) is 0 Å². The first-order chi connectivity index (χ1) is 13.8. The van der Waals surface area contributed by atoms with E-state index >= 15 is 0 Å². The summed E-state index contributed by atoms with van der Waals surface area (Å²) in [5.74, 6) is 1.80. The quantitative estimate of drug-likeness (QED) is 0.776. The van der Waals surface area contributed by atoms with Crippen LogP contribution in [0.4, 0.5) is 5.82 Å². The Hall–Kier alpha value is -1.31. The number of aliphatic hydroxyl groups is 1. The second kappa shape index (κ2) is 6.86. The average molecular weight is 422 g/mol. The number of aromatic nitrogens is 2. The minimum Gasteiger partial charge on any atom is -0.390 e. The molecule has 7 nitrogen and oxygen atoms in total. The molecule has 0 radical (unpaired) electrons. The molecule has 160 valence electrons. The Morgan fingerprint density at radius 3 is 2.52 bits per heavy atom. The maximum atomic E-state index is 11.9. The highest BCUT2D eigenvalue weighted by atomic mass is 35.5. The first-order valence-electron chi connectivity index (χ1n) is 11.0. The highest BCUT2D eigenvalue weighted by Gasteiger charge is 2.57. The number of hydrogen-bond donors (Lipinski definition) is 2. The molecule has 4 aliphatic carbocycles. The summed E-state index contributed by atoms with van der Waals surface area (Å²) in [7, 11) is 4.03. The van der Waals surface area contributed by atoms with Crippen LogP contribution in [0.15, 0.2) is 0 Å². The molecule has 1 aliphatic heterocycles. The number of carbonyl (C=O) groups is 1. The number of halogens is 1. The fourth-order valence-electron chi connectivity index (χ4n) is 7.26. The van der Waals surface area contributed by atoms with Gasteiger partial charge in [0.05, 0.1) is 5.60 Å². The summed E-state index contributed by atoms with van der Waals surface area (Å²) in [4.78, 5) is 16.8. The largest absolute Gasteiger partial charge is 0.390 e. The van der Waals surface area contributed by atoms with Crippen molar-refractivity contribution in [2.45, 2.75) is 62.6 Å². The first-order valence-corrected chi connectivity index (χ1v) is 11.3. The van der Waals surface area contributed by atoms with Gasteiger partial charge in [-0.1, -0.05) is 11.6 Å². The third-order valence-corrected chi connectivity index (χ3v) is 8.29. The number of hydrogen-bond acceptors (Lipinski definition) is 5. The minimum atomic E-state index is -0.586. The Balaban J connectivity index is 1.58. The standard InChI is InChI=1S/C21H32ClN5O2/c1-25-5-3-4-15(11-25)27(20-16(22)17(19(23)28)24-26(20)2)18-13-6-12-7-14(18)10-21(29,8-12)9-13/h12-15,18,29H,3-11H2,1-2H3,(H2,23,28)/t12?,13?,14?,15-,18?,21?/m0/s1. The van der Waals surface area contributed by atoms with Crippen LogP contribution in [0.5, 0.6) is 0 Å². The summed E-state index contributed by atoms with van der Waals surface area (Å²) >= 11 is 6.73. The van der Waals surface area contributed by atoms with Crippen LogP contribution in [0, 0.1) is 17.8 Å². The number of piperidine rings is 1. The number of likely N-dealkylation sites (N-methyl/N-ethyl adjacent to an activating group) is 1. The molecule has 2 unspecified atom stereocenters. The predicted octanol–water partition coefficient (Wildman–Crippen LogP) is 2.01. The fourth-order valence-corrected chi connectivity index (χ4v) is 7.61. The van der Waals surface area contributed by atoms with Crippen LogP contribution in [-0.2, 0) is 7.05 Å². The van der Waals surface area contributed by atoms with Gasteiger partial charge in [0, 0.05) is 25.7 Å². The molecule has 3 N–H and O–H groups in total. The molecule has 5 fully saturated rings. The lowest BCUT2D eigenvalue weighted by Crippen LogP contribution is -2.65. The Kier molecular flexibility index (Phi) is 4.64. The van der Waals surface area contributed by atoms with Gasteiger partial charge in [-0.3, -0.25) is 9.48 Å². The monoisotopic (exact) mass is 421 g/mol. The van der Waals surface area contributed by atoms with Gasteiger partial charge in [0.2, 0.25) is 0 Å². The zero-order chi connectivity index (χ0) is 20.5. The highest BCUT2D eigenvalue weighted by molar-refractivity contribution is 6.36. The number of primary amides is 1. The third kappa shape index (κ3) is 3.17. The van der Waals surface area contributed by atoms with Crippen molar-refractivity contribution >= 4 is 23.3 Å². The van der Waals surface area contributed by atoms with Gasteiger partial charge in [-0.05, 0) is 76.3 Å². The van der Waals surface area contributed by atoms with Gasteiger partial charge in [-0.25, -0.2) is 0 Å². The smallest absolute Gasteiger partial charge is 0.270 e. The topological polar surface area (TPSA) is 87.6 Å². The fraction of sp³-hybridized carbons (Fsp3) is 0.810. The van der Waals surface area contributed by atoms with Crippen molar-refractivity contribution in [2.75, 3.05) is 25.0 Å².